The normalized spacial score (nSPS) is 18.6. The van der Waals surface area contributed by atoms with Crippen molar-refractivity contribution in [3.8, 4) is 11.5 Å². The predicted molar refractivity (Wildman–Crippen MR) is 82.7 cm³/mol. The molecule has 0 bridgehead atoms. The van der Waals surface area contributed by atoms with E-state index in [2.05, 4.69) is 0 Å². The van der Waals surface area contributed by atoms with Crippen molar-refractivity contribution in [3.63, 3.8) is 0 Å². The van der Waals surface area contributed by atoms with Crippen molar-refractivity contribution >= 4 is 21.6 Å². The molecule has 8 heteroatoms. The SMILES string of the molecule is COc1cc(C)c(N2CC(CS(N)(=O)=O)CC2=O)cc1OC. The highest BCUT2D eigenvalue weighted by atomic mass is 32.2. The fraction of sp³-hybridized carbons (Fsp3) is 0.500. The van der Waals surface area contributed by atoms with E-state index >= 15 is 0 Å². The van der Waals surface area contributed by atoms with Crippen LogP contribution in [0.2, 0.25) is 0 Å². The fourth-order valence-corrected chi connectivity index (χ4v) is 3.60. The van der Waals surface area contributed by atoms with E-state index in [0.29, 0.717) is 23.7 Å². The molecule has 7 nitrogen and oxygen atoms in total. The van der Waals surface area contributed by atoms with Crippen molar-refractivity contribution in [2.45, 2.75) is 13.3 Å². The summed E-state index contributed by atoms with van der Waals surface area (Å²) in [4.78, 5) is 13.8. The number of carbonyl (C=O) groups is 1. The van der Waals surface area contributed by atoms with E-state index in [4.69, 9.17) is 14.6 Å². The molecule has 1 unspecified atom stereocenters. The number of sulfonamides is 1. The molecule has 0 aliphatic carbocycles. The molecule has 1 aromatic carbocycles. The van der Waals surface area contributed by atoms with E-state index in [1.807, 2.05) is 6.92 Å². The molecule has 1 aromatic rings. The Morgan fingerprint density at radius 3 is 2.41 bits per heavy atom. The average molecular weight is 328 g/mol. The summed E-state index contributed by atoms with van der Waals surface area (Å²) in [6.45, 7) is 2.18. The second-order valence-corrected chi connectivity index (χ2v) is 7.06. The van der Waals surface area contributed by atoms with E-state index in [1.165, 1.54) is 7.11 Å². The molecule has 22 heavy (non-hydrogen) atoms. The van der Waals surface area contributed by atoms with Crippen LogP contribution in [0.25, 0.3) is 0 Å². The molecule has 2 N–H and O–H groups in total. The Labute approximate surface area is 130 Å². The van der Waals surface area contributed by atoms with Crippen molar-refractivity contribution in [1.82, 2.24) is 0 Å². The van der Waals surface area contributed by atoms with E-state index < -0.39 is 10.0 Å². The molecule has 1 amide bonds. The zero-order valence-corrected chi connectivity index (χ0v) is 13.6. The number of methoxy groups -OCH3 is 2. The Kier molecular flexibility index (Phi) is 4.62. The van der Waals surface area contributed by atoms with Crippen molar-refractivity contribution in [1.29, 1.82) is 0 Å². The summed E-state index contributed by atoms with van der Waals surface area (Å²) in [7, 11) is -0.532. The second kappa shape index (κ2) is 6.13. The Bertz CT molecular complexity index is 687. The van der Waals surface area contributed by atoms with E-state index in [0.717, 1.165) is 5.56 Å². The third kappa shape index (κ3) is 3.50. The number of nitrogens with two attached hydrogens (primary N) is 1. The lowest BCUT2D eigenvalue weighted by Gasteiger charge is -2.21. The minimum absolute atomic E-state index is 0.121. The van der Waals surface area contributed by atoms with Crippen molar-refractivity contribution in [3.05, 3.63) is 17.7 Å². The molecule has 0 spiro atoms. The van der Waals surface area contributed by atoms with Gasteiger partial charge in [0.05, 0.1) is 25.7 Å². The molecule has 1 saturated heterocycles. The Morgan fingerprint density at radius 1 is 1.27 bits per heavy atom. The van der Waals surface area contributed by atoms with Gasteiger partial charge >= 0.3 is 0 Å². The van der Waals surface area contributed by atoms with Gasteiger partial charge in [0.15, 0.2) is 11.5 Å². The number of rotatable bonds is 5. The summed E-state index contributed by atoms with van der Waals surface area (Å²) in [6, 6.07) is 3.51. The van der Waals surface area contributed by atoms with Crippen LogP contribution in [-0.2, 0) is 14.8 Å². The summed E-state index contributed by atoms with van der Waals surface area (Å²) in [5.41, 5.74) is 1.54. The van der Waals surface area contributed by atoms with Gasteiger partial charge in [0, 0.05) is 24.9 Å². The van der Waals surface area contributed by atoms with Crippen molar-refractivity contribution in [2.75, 3.05) is 31.4 Å². The first-order valence-corrected chi connectivity index (χ1v) is 8.50. The first-order chi connectivity index (χ1) is 10.2. The van der Waals surface area contributed by atoms with Crippen LogP contribution < -0.4 is 19.5 Å². The lowest BCUT2D eigenvalue weighted by Crippen LogP contribution is -2.28. The van der Waals surface area contributed by atoms with Crippen LogP contribution in [0.5, 0.6) is 11.5 Å². The lowest BCUT2D eigenvalue weighted by atomic mass is 10.1. The highest BCUT2D eigenvalue weighted by Crippen LogP contribution is 2.37. The van der Waals surface area contributed by atoms with Gasteiger partial charge in [-0.2, -0.15) is 0 Å². The Hall–Kier alpha value is -1.80. The highest BCUT2D eigenvalue weighted by molar-refractivity contribution is 7.89. The van der Waals surface area contributed by atoms with Crippen LogP contribution in [0, 0.1) is 12.8 Å². The number of primary sulfonamides is 1. The summed E-state index contributed by atoms with van der Waals surface area (Å²) in [5.74, 6) is 0.489. The van der Waals surface area contributed by atoms with Gasteiger partial charge in [-0.1, -0.05) is 0 Å². The predicted octanol–water partition coefficient (Wildman–Crippen LogP) is 0.654. The van der Waals surface area contributed by atoms with Gasteiger partial charge in [0.1, 0.15) is 0 Å². The monoisotopic (exact) mass is 328 g/mol. The molecule has 122 valence electrons. The molecule has 1 aliphatic rings. The van der Waals surface area contributed by atoms with Gasteiger partial charge in [-0.3, -0.25) is 4.79 Å². The van der Waals surface area contributed by atoms with Gasteiger partial charge in [-0.15, -0.1) is 0 Å². The second-order valence-electron chi connectivity index (χ2n) is 5.40. The first kappa shape index (κ1) is 16.6. The Balaban J connectivity index is 2.30. The minimum atomic E-state index is -3.59. The third-order valence-electron chi connectivity index (χ3n) is 3.67. The fourth-order valence-electron chi connectivity index (χ4n) is 2.72. The van der Waals surface area contributed by atoms with Gasteiger partial charge in [0.2, 0.25) is 15.9 Å². The molecule has 1 heterocycles. The van der Waals surface area contributed by atoms with Crippen LogP contribution in [-0.4, -0.2) is 40.8 Å². The zero-order chi connectivity index (χ0) is 16.5. The summed E-state index contributed by atoms with van der Waals surface area (Å²) in [6.07, 6.45) is 0.171. The maximum atomic E-state index is 12.2. The lowest BCUT2D eigenvalue weighted by molar-refractivity contribution is -0.117. The van der Waals surface area contributed by atoms with Crippen LogP contribution in [0.4, 0.5) is 5.69 Å². The van der Waals surface area contributed by atoms with E-state index in [-0.39, 0.29) is 24.0 Å². The molecule has 1 atom stereocenters. The van der Waals surface area contributed by atoms with Crippen LogP contribution in [0.15, 0.2) is 12.1 Å². The summed E-state index contributed by atoms with van der Waals surface area (Å²) in [5, 5.41) is 5.06. The minimum Gasteiger partial charge on any atom is -0.493 e. The number of ether oxygens (including phenoxy) is 2. The topological polar surface area (TPSA) is 98.9 Å². The number of hydrogen-bond acceptors (Lipinski definition) is 5. The number of amides is 1. The number of aryl methyl sites for hydroxylation is 1. The van der Waals surface area contributed by atoms with Crippen molar-refractivity contribution < 1.29 is 22.7 Å². The smallest absolute Gasteiger partial charge is 0.227 e. The number of hydrogen-bond donors (Lipinski definition) is 1. The van der Waals surface area contributed by atoms with Crippen LogP contribution in [0.3, 0.4) is 0 Å². The van der Waals surface area contributed by atoms with Gasteiger partial charge in [-0.05, 0) is 18.6 Å². The standard InChI is InChI=1S/C14H20N2O5S/c1-9-4-12(20-2)13(21-3)6-11(9)16-7-10(5-14(16)17)8-22(15,18)19/h4,6,10H,5,7-8H2,1-3H3,(H2,15,18,19). The van der Waals surface area contributed by atoms with E-state index in [9.17, 15) is 13.2 Å². The van der Waals surface area contributed by atoms with Crippen LogP contribution >= 0.6 is 0 Å². The maximum Gasteiger partial charge on any atom is 0.227 e. The molecule has 0 radical (unpaired) electrons. The van der Waals surface area contributed by atoms with Gasteiger partial charge in [-0.25, -0.2) is 13.6 Å². The maximum absolute atomic E-state index is 12.2. The van der Waals surface area contributed by atoms with E-state index in [1.54, 1.807) is 24.1 Å². The highest BCUT2D eigenvalue weighted by Gasteiger charge is 2.33. The molecule has 2 rings (SSSR count). The van der Waals surface area contributed by atoms with Crippen molar-refractivity contribution in [2.24, 2.45) is 11.1 Å². The number of carbonyl (C=O) groups excluding carboxylic acids is 1. The molecule has 1 aliphatic heterocycles. The largest absolute Gasteiger partial charge is 0.493 e. The quantitative estimate of drug-likeness (QED) is 0.856. The number of anilines is 1. The van der Waals surface area contributed by atoms with Gasteiger partial charge in [0.25, 0.3) is 0 Å². The molecule has 0 aromatic heterocycles. The summed E-state index contributed by atoms with van der Waals surface area (Å²) < 4.78 is 32.9. The zero-order valence-electron chi connectivity index (χ0n) is 12.8. The first-order valence-electron chi connectivity index (χ1n) is 6.78. The summed E-state index contributed by atoms with van der Waals surface area (Å²) >= 11 is 0. The number of nitrogens with zero attached hydrogens (tertiary/aromatic N) is 1. The van der Waals surface area contributed by atoms with Crippen LogP contribution in [0.1, 0.15) is 12.0 Å². The molecule has 0 saturated carbocycles. The molecule has 1 fully saturated rings. The Morgan fingerprint density at radius 2 is 1.86 bits per heavy atom. The third-order valence-corrected chi connectivity index (χ3v) is 4.60. The average Bonchev–Trinajstić information content (AvgIpc) is 2.76. The number of benzene rings is 1. The van der Waals surface area contributed by atoms with Gasteiger partial charge < -0.3 is 14.4 Å². The molecular weight excluding hydrogens is 308 g/mol. The molecular formula is C14H20N2O5S.